The predicted molar refractivity (Wildman–Crippen MR) is 115 cm³/mol. The zero-order valence-corrected chi connectivity index (χ0v) is 16.7. The fourth-order valence-electron chi connectivity index (χ4n) is 3.95. The second kappa shape index (κ2) is 7.14. The summed E-state index contributed by atoms with van der Waals surface area (Å²) in [5.41, 5.74) is 8.08. The van der Waals surface area contributed by atoms with Crippen LogP contribution in [0.25, 0.3) is 28.2 Å². The van der Waals surface area contributed by atoms with Crippen LogP contribution in [0.15, 0.2) is 66.7 Å². The summed E-state index contributed by atoms with van der Waals surface area (Å²) >= 11 is 6.15. The molecule has 0 radical (unpaired) electrons. The monoisotopic (exact) mass is 403 g/mol. The molecular formula is C24H19ClFN3. The lowest BCUT2D eigenvalue weighted by Crippen LogP contribution is -2.01. The Kier molecular flexibility index (Phi) is 4.46. The van der Waals surface area contributed by atoms with Gasteiger partial charge in [0.2, 0.25) is 0 Å². The molecule has 0 unspecified atom stereocenters. The van der Waals surface area contributed by atoms with Gasteiger partial charge in [0, 0.05) is 29.2 Å². The molecule has 0 fully saturated rings. The van der Waals surface area contributed by atoms with Gasteiger partial charge in [0.25, 0.3) is 0 Å². The molecule has 2 heterocycles. The molecule has 0 saturated heterocycles. The first-order valence-electron chi connectivity index (χ1n) is 9.54. The van der Waals surface area contributed by atoms with Crippen molar-refractivity contribution in [3.8, 4) is 28.2 Å². The maximum Gasteiger partial charge on any atom is 0.125 e. The quantitative estimate of drug-likeness (QED) is 0.460. The molecule has 3 aromatic carbocycles. The fourth-order valence-corrected chi connectivity index (χ4v) is 4.17. The Labute approximate surface area is 173 Å². The summed E-state index contributed by atoms with van der Waals surface area (Å²) in [5.74, 6) is -0.365. The van der Waals surface area contributed by atoms with Crippen LogP contribution in [0.4, 0.5) is 4.39 Å². The van der Waals surface area contributed by atoms with Gasteiger partial charge in [-0.3, -0.25) is 0 Å². The smallest absolute Gasteiger partial charge is 0.125 e. The van der Waals surface area contributed by atoms with Gasteiger partial charge in [0.05, 0.1) is 17.1 Å². The molecule has 0 aliphatic carbocycles. The van der Waals surface area contributed by atoms with E-state index in [-0.39, 0.29) is 5.82 Å². The van der Waals surface area contributed by atoms with Crippen molar-refractivity contribution in [1.82, 2.24) is 15.1 Å². The van der Waals surface area contributed by atoms with Crippen LogP contribution in [0.5, 0.6) is 0 Å². The number of hydrogen-bond donors (Lipinski definition) is 1. The van der Waals surface area contributed by atoms with Gasteiger partial charge in [0.15, 0.2) is 0 Å². The number of benzene rings is 3. The average molecular weight is 404 g/mol. The van der Waals surface area contributed by atoms with E-state index in [2.05, 4.69) is 29.6 Å². The summed E-state index contributed by atoms with van der Waals surface area (Å²) < 4.78 is 16.0. The first kappa shape index (κ1) is 18.1. The zero-order chi connectivity index (χ0) is 20.0. The Balaban J connectivity index is 1.74. The fraction of sp³-hybridized carbons (Fsp3) is 0.125. The maximum absolute atomic E-state index is 14.1. The number of halogens is 2. The van der Waals surface area contributed by atoms with Crippen LogP contribution >= 0.6 is 11.6 Å². The van der Waals surface area contributed by atoms with E-state index in [0.29, 0.717) is 10.6 Å². The minimum Gasteiger partial charge on any atom is -0.309 e. The van der Waals surface area contributed by atoms with Gasteiger partial charge in [-0.15, -0.1) is 0 Å². The van der Waals surface area contributed by atoms with E-state index in [1.165, 1.54) is 23.3 Å². The lowest BCUT2D eigenvalue weighted by atomic mass is 10.0. The molecule has 29 heavy (non-hydrogen) atoms. The second-order valence-corrected chi connectivity index (χ2v) is 7.81. The number of rotatable bonds is 3. The van der Waals surface area contributed by atoms with E-state index in [4.69, 9.17) is 16.7 Å². The van der Waals surface area contributed by atoms with Gasteiger partial charge < -0.3 is 5.32 Å². The molecule has 0 spiro atoms. The van der Waals surface area contributed by atoms with Crippen molar-refractivity contribution in [2.24, 2.45) is 0 Å². The molecule has 3 nitrogen and oxygen atoms in total. The lowest BCUT2D eigenvalue weighted by Gasteiger charge is -2.09. The lowest BCUT2D eigenvalue weighted by molar-refractivity contribution is 0.628. The van der Waals surface area contributed by atoms with Gasteiger partial charge >= 0.3 is 0 Å². The average Bonchev–Trinajstić information content (AvgIpc) is 3.34. The van der Waals surface area contributed by atoms with Crippen molar-refractivity contribution in [2.45, 2.75) is 20.0 Å². The molecule has 0 atom stereocenters. The number of nitrogens with zero attached hydrogens (tertiary/aromatic N) is 2. The van der Waals surface area contributed by atoms with Gasteiger partial charge in [-0.05, 0) is 60.0 Å². The molecule has 5 heteroatoms. The van der Waals surface area contributed by atoms with Crippen LogP contribution in [0.3, 0.4) is 0 Å². The highest BCUT2D eigenvalue weighted by Gasteiger charge is 2.20. The molecule has 144 valence electrons. The molecule has 1 aliphatic rings. The summed E-state index contributed by atoms with van der Waals surface area (Å²) in [6.45, 7) is 3.74. The molecule has 5 rings (SSSR count). The Morgan fingerprint density at radius 2 is 1.86 bits per heavy atom. The molecule has 1 N–H and O–H groups in total. The molecule has 1 aliphatic heterocycles. The van der Waals surface area contributed by atoms with Crippen molar-refractivity contribution < 1.29 is 4.39 Å². The summed E-state index contributed by atoms with van der Waals surface area (Å²) in [5, 5.41) is 8.70. The van der Waals surface area contributed by atoms with E-state index in [1.54, 1.807) is 6.07 Å². The summed E-state index contributed by atoms with van der Waals surface area (Å²) in [6.07, 6.45) is 0. The van der Waals surface area contributed by atoms with Gasteiger partial charge in [-0.25, -0.2) is 9.07 Å². The van der Waals surface area contributed by atoms with Crippen molar-refractivity contribution in [1.29, 1.82) is 0 Å². The Hall–Kier alpha value is -2.95. The van der Waals surface area contributed by atoms with Crippen LogP contribution in [0.2, 0.25) is 5.02 Å². The predicted octanol–water partition coefficient (Wildman–Crippen LogP) is 5.91. The van der Waals surface area contributed by atoms with Crippen LogP contribution in [0, 0.1) is 12.7 Å². The zero-order valence-electron chi connectivity index (χ0n) is 15.9. The van der Waals surface area contributed by atoms with E-state index in [1.807, 2.05) is 35.9 Å². The Bertz CT molecular complexity index is 1210. The number of hydrogen-bond acceptors (Lipinski definition) is 2. The van der Waals surface area contributed by atoms with Crippen molar-refractivity contribution >= 4 is 11.6 Å². The highest BCUT2D eigenvalue weighted by Crippen LogP contribution is 2.34. The van der Waals surface area contributed by atoms with E-state index in [0.717, 1.165) is 41.3 Å². The van der Waals surface area contributed by atoms with Gasteiger partial charge in [-0.2, -0.15) is 5.10 Å². The highest BCUT2D eigenvalue weighted by atomic mass is 35.5. The van der Waals surface area contributed by atoms with Crippen LogP contribution in [-0.2, 0) is 13.1 Å². The Morgan fingerprint density at radius 3 is 2.69 bits per heavy atom. The molecule has 0 bridgehead atoms. The number of aryl methyl sites for hydroxylation is 1. The van der Waals surface area contributed by atoms with Gasteiger partial charge in [-0.1, -0.05) is 41.9 Å². The number of fused-ring (bicyclic) bond motifs is 1. The van der Waals surface area contributed by atoms with Crippen LogP contribution in [-0.4, -0.2) is 9.78 Å². The largest absolute Gasteiger partial charge is 0.309 e. The van der Waals surface area contributed by atoms with Gasteiger partial charge in [0.1, 0.15) is 5.82 Å². The number of nitrogens with one attached hydrogen (secondary N) is 1. The molecule has 0 saturated carbocycles. The van der Waals surface area contributed by atoms with Crippen LogP contribution in [0.1, 0.15) is 16.7 Å². The standard InChI is InChI=1S/C24H19ClFN3/c1-15-4-2-6-20(8-15)29-24(17-9-18(25)11-19(26)10-17)12-23(28-29)21-7-3-5-16-13-27-14-22(16)21/h2-12,27H,13-14H2,1H3. The normalized spacial score (nSPS) is 12.9. The van der Waals surface area contributed by atoms with Crippen LogP contribution < -0.4 is 5.32 Å². The molecule has 1 aromatic heterocycles. The topological polar surface area (TPSA) is 29.9 Å². The summed E-state index contributed by atoms with van der Waals surface area (Å²) in [7, 11) is 0. The maximum atomic E-state index is 14.1. The summed E-state index contributed by atoms with van der Waals surface area (Å²) in [4.78, 5) is 0. The van der Waals surface area contributed by atoms with E-state index >= 15 is 0 Å². The minimum atomic E-state index is -0.365. The second-order valence-electron chi connectivity index (χ2n) is 7.37. The van der Waals surface area contributed by atoms with Crippen molar-refractivity contribution in [3.05, 3.63) is 94.3 Å². The number of aromatic nitrogens is 2. The molecule has 4 aromatic rings. The van der Waals surface area contributed by atoms with E-state index in [9.17, 15) is 4.39 Å². The third-order valence-corrected chi connectivity index (χ3v) is 5.50. The minimum absolute atomic E-state index is 0.364. The summed E-state index contributed by atoms with van der Waals surface area (Å²) in [6, 6.07) is 21.0. The molecule has 0 amide bonds. The van der Waals surface area contributed by atoms with Crippen molar-refractivity contribution in [3.63, 3.8) is 0 Å². The first-order chi connectivity index (χ1) is 14.1. The first-order valence-corrected chi connectivity index (χ1v) is 9.92. The molecular weight excluding hydrogens is 385 g/mol. The third kappa shape index (κ3) is 3.35. The van der Waals surface area contributed by atoms with Crippen molar-refractivity contribution in [2.75, 3.05) is 0 Å². The van der Waals surface area contributed by atoms with E-state index < -0.39 is 0 Å². The Morgan fingerprint density at radius 1 is 1.00 bits per heavy atom. The highest BCUT2D eigenvalue weighted by molar-refractivity contribution is 6.30. The third-order valence-electron chi connectivity index (χ3n) is 5.28. The SMILES string of the molecule is Cc1cccc(-n2nc(-c3cccc4c3CNC4)cc2-c2cc(F)cc(Cl)c2)c1.